The van der Waals surface area contributed by atoms with Crippen LogP contribution in [-0.2, 0) is 5.54 Å². The van der Waals surface area contributed by atoms with E-state index in [0.717, 1.165) is 18.4 Å². The van der Waals surface area contributed by atoms with Crippen molar-refractivity contribution in [1.29, 1.82) is 0 Å². The van der Waals surface area contributed by atoms with Gasteiger partial charge in [-0.1, -0.05) is 6.07 Å². The molecule has 0 saturated heterocycles. The number of anilines is 1. The minimum absolute atomic E-state index is 0.0826. The van der Waals surface area contributed by atoms with Gasteiger partial charge in [0.05, 0.1) is 0 Å². The summed E-state index contributed by atoms with van der Waals surface area (Å²) in [6.45, 7) is 0. The van der Waals surface area contributed by atoms with Crippen molar-refractivity contribution in [2.75, 3.05) is 5.73 Å². The monoisotopic (exact) mass is 149 g/mol. The summed E-state index contributed by atoms with van der Waals surface area (Å²) in [4.78, 5) is 3.98. The number of pyridine rings is 1. The van der Waals surface area contributed by atoms with Gasteiger partial charge in [-0.25, -0.2) is 4.98 Å². The van der Waals surface area contributed by atoms with Crippen molar-refractivity contribution in [1.82, 2.24) is 4.98 Å². The zero-order valence-corrected chi connectivity index (χ0v) is 6.25. The summed E-state index contributed by atoms with van der Waals surface area (Å²) >= 11 is 0. The topological polar surface area (TPSA) is 64.9 Å². The van der Waals surface area contributed by atoms with Crippen LogP contribution in [0.15, 0.2) is 18.3 Å². The SMILES string of the molecule is Nc1ccc(C2(N)CC2)cn1. The first kappa shape index (κ1) is 6.61. The van der Waals surface area contributed by atoms with Crippen LogP contribution < -0.4 is 11.5 Å². The number of nitrogen functional groups attached to an aromatic ring is 1. The summed E-state index contributed by atoms with van der Waals surface area (Å²) in [5.41, 5.74) is 12.4. The van der Waals surface area contributed by atoms with Gasteiger partial charge in [0.2, 0.25) is 0 Å². The number of hydrogen-bond donors (Lipinski definition) is 2. The fraction of sp³-hybridized carbons (Fsp3) is 0.375. The quantitative estimate of drug-likeness (QED) is 0.615. The molecule has 0 atom stereocenters. The molecule has 0 aromatic carbocycles. The molecule has 1 heterocycles. The Hall–Kier alpha value is -1.09. The van der Waals surface area contributed by atoms with E-state index in [4.69, 9.17) is 11.5 Å². The molecule has 1 saturated carbocycles. The Morgan fingerprint density at radius 2 is 2.09 bits per heavy atom. The van der Waals surface area contributed by atoms with Gasteiger partial charge in [0.25, 0.3) is 0 Å². The van der Waals surface area contributed by atoms with Crippen molar-refractivity contribution in [2.45, 2.75) is 18.4 Å². The maximum Gasteiger partial charge on any atom is 0.123 e. The molecule has 0 radical (unpaired) electrons. The number of aromatic nitrogens is 1. The van der Waals surface area contributed by atoms with Crippen LogP contribution in [0.1, 0.15) is 18.4 Å². The molecule has 0 unspecified atom stereocenters. The average Bonchev–Trinajstić information content (AvgIpc) is 2.70. The molecule has 4 N–H and O–H groups in total. The summed E-state index contributed by atoms with van der Waals surface area (Å²) in [6.07, 6.45) is 3.90. The molecular weight excluding hydrogens is 138 g/mol. The highest BCUT2D eigenvalue weighted by molar-refractivity contribution is 5.34. The minimum atomic E-state index is -0.0826. The fourth-order valence-electron chi connectivity index (χ4n) is 1.12. The molecule has 1 aromatic heterocycles. The second-order valence-electron chi connectivity index (χ2n) is 3.13. The van der Waals surface area contributed by atoms with E-state index in [-0.39, 0.29) is 5.54 Å². The van der Waals surface area contributed by atoms with Gasteiger partial charge < -0.3 is 11.5 Å². The predicted molar refractivity (Wildman–Crippen MR) is 43.7 cm³/mol. The van der Waals surface area contributed by atoms with Crippen molar-refractivity contribution in [3.05, 3.63) is 23.9 Å². The van der Waals surface area contributed by atoms with E-state index >= 15 is 0 Å². The molecule has 0 aliphatic heterocycles. The van der Waals surface area contributed by atoms with Crippen molar-refractivity contribution in [3.63, 3.8) is 0 Å². The van der Waals surface area contributed by atoms with Crippen molar-refractivity contribution in [2.24, 2.45) is 5.73 Å². The Labute approximate surface area is 65.4 Å². The lowest BCUT2D eigenvalue weighted by atomic mass is 10.1. The first-order chi connectivity index (χ1) is 5.21. The standard InChI is InChI=1S/C8H11N3/c9-7-2-1-6(5-11-7)8(10)3-4-8/h1-2,5H,3-4,10H2,(H2,9,11). The Morgan fingerprint density at radius 1 is 1.36 bits per heavy atom. The molecule has 3 nitrogen and oxygen atoms in total. The molecule has 3 heteroatoms. The minimum Gasteiger partial charge on any atom is -0.384 e. The molecule has 2 rings (SSSR count). The average molecular weight is 149 g/mol. The lowest BCUT2D eigenvalue weighted by molar-refractivity contribution is 0.735. The van der Waals surface area contributed by atoms with E-state index in [2.05, 4.69) is 4.98 Å². The summed E-state index contributed by atoms with van der Waals surface area (Å²) in [5.74, 6) is 0.554. The van der Waals surface area contributed by atoms with Crippen LogP contribution in [0.25, 0.3) is 0 Å². The zero-order chi connectivity index (χ0) is 7.90. The molecular formula is C8H11N3. The van der Waals surface area contributed by atoms with Crippen LogP contribution in [0.3, 0.4) is 0 Å². The second-order valence-corrected chi connectivity index (χ2v) is 3.13. The third kappa shape index (κ3) is 1.07. The first-order valence-corrected chi connectivity index (χ1v) is 3.72. The molecule has 1 aliphatic rings. The molecule has 1 fully saturated rings. The summed E-state index contributed by atoms with van der Waals surface area (Å²) in [5, 5.41) is 0. The van der Waals surface area contributed by atoms with Crippen LogP contribution in [0.2, 0.25) is 0 Å². The van der Waals surface area contributed by atoms with E-state index in [1.807, 2.05) is 6.07 Å². The second kappa shape index (κ2) is 1.95. The highest BCUT2D eigenvalue weighted by Crippen LogP contribution is 2.42. The summed E-state index contributed by atoms with van der Waals surface area (Å²) < 4.78 is 0. The fourth-order valence-corrected chi connectivity index (χ4v) is 1.12. The van der Waals surface area contributed by atoms with E-state index < -0.39 is 0 Å². The van der Waals surface area contributed by atoms with Gasteiger partial charge in [-0.15, -0.1) is 0 Å². The molecule has 1 aromatic rings. The molecule has 0 spiro atoms. The van der Waals surface area contributed by atoms with E-state index in [0.29, 0.717) is 5.82 Å². The number of nitrogens with zero attached hydrogens (tertiary/aromatic N) is 1. The summed E-state index contributed by atoms with van der Waals surface area (Å²) in [7, 11) is 0. The number of hydrogen-bond acceptors (Lipinski definition) is 3. The number of nitrogens with two attached hydrogens (primary N) is 2. The van der Waals surface area contributed by atoms with Gasteiger partial charge in [-0.05, 0) is 24.5 Å². The van der Waals surface area contributed by atoms with Gasteiger partial charge >= 0.3 is 0 Å². The zero-order valence-electron chi connectivity index (χ0n) is 6.25. The lowest BCUT2D eigenvalue weighted by Crippen LogP contribution is -2.18. The van der Waals surface area contributed by atoms with Gasteiger partial charge in [-0.3, -0.25) is 0 Å². The molecule has 1 aliphatic carbocycles. The van der Waals surface area contributed by atoms with Crippen LogP contribution in [0, 0.1) is 0 Å². The third-order valence-electron chi connectivity index (χ3n) is 2.15. The molecule has 0 bridgehead atoms. The Morgan fingerprint density at radius 3 is 2.55 bits per heavy atom. The smallest absolute Gasteiger partial charge is 0.123 e. The maximum atomic E-state index is 5.94. The Bertz CT molecular complexity index is 261. The van der Waals surface area contributed by atoms with Gasteiger partial charge in [0, 0.05) is 11.7 Å². The van der Waals surface area contributed by atoms with E-state index in [9.17, 15) is 0 Å². The highest BCUT2D eigenvalue weighted by atomic mass is 14.9. The van der Waals surface area contributed by atoms with Gasteiger partial charge in [-0.2, -0.15) is 0 Å². The Kier molecular flexibility index (Phi) is 1.17. The lowest BCUT2D eigenvalue weighted by Gasteiger charge is -2.07. The summed E-state index contributed by atoms with van der Waals surface area (Å²) in [6, 6.07) is 3.75. The van der Waals surface area contributed by atoms with Crippen molar-refractivity contribution < 1.29 is 0 Å². The molecule has 0 amide bonds. The third-order valence-corrected chi connectivity index (χ3v) is 2.15. The number of rotatable bonds is 1. The normalized spacial score (nSPS) is 19.7. The van der Waals surface area contributed by atoms with E-state index in [1.165, 1.54) is 0 Å². The molecule has 58 valence electrons. The highest BCUT2D eigenvalue weighted by Gasteiger charge is 2.40. The van der Waals surface area contributed by atoms with Crippen LogP contribution in [-0.4, -0.2) is 4.98 Å². The van der Waals surface area contributed by atoms with Crippen LogP contribution in [0.5, 0.6) is 0 Å². The first-order valence-electron chi connectivity index (χ1n) is 3.72. The van der Waals surface area contributed by atoms with Crippen molar-refractivity contribution >= 4 is 5.82 Å². The van der Waals surface area contributed by atoms with Gasteiger partial charge in [0.1, 0.15) is 5.82 Å². The maximum absolute atomic E-state index is 5.94. The molecule has 11 heavy (non-hydrogen) atoms. The Balaban J connectivity index is 2.33. The predicted octanol–water partition coefficient (Wildman–Crippen LogP) is 0.612. The van der Waals surface area contributed by atoms with Crippen molar-refractivity contribution in [3.8, 4) is 0 Å². The van der Waals surface area contributed by atoms with Crippen LogP contribution >= 0.6 is 0 Å². The van der Waals surface area contributed by atoms with Crippen LogP contribution in [0.4, 0.5) is 5.82 Å². The van der Waals surface area contributed by atoms with Gasteiger partial charge in [0.15, 0.2) is 0 Å². The largest absolute Gasteiger partial charge is 0.384 e. The van der Waals surface area contributed by atoms with E-state index in [1.54, 1.807) is 12.3 Å².